The molecule has 1 rings (SSSR count). The summed E-state index contributed by atoms with van der Waals surface area (Å²) in [6, 6.07) is -0.154. The molecule has 0 fully saturated rings. The Hall–Kier alpha value is -0.820. The molecule has 3 N–H and O–H groups in total. The number of hydrogen-bond acceptors (Lipinski definition) is 4. The van der Waals surface area contributed by atoms with Crippen LogP contribution in [0.3, 0.4) is 0 Å². The molecule has 0 aromatic carbocycles. The van der Waals surface area contributed by atoms with Crippen LogP contribution in [0.2, 0.25) is 0 Å². The number of aromatic nitrogens is 2. The SMILES string of the molecule is CNC(=O)NSCCSCc1cnc[nH]1. The van der Waals surface area contributed by atoms with E-state index in [-0.39, 0.29) is 6.03 Å². The summed E-state index contributed by atoms with van der Waals surface area (Å²) in [4.78, 5) is 17.7. The fraction of sp³-hybridized carbons (Fsp3) is 0.500. The van der Waals surface area contributed by atoms with E-state index in [1.54, 1.807) is 25.1 Å². The van der Waals surface area contributed by atoms with Crippen molar-refractivity contribution in [2.24, 2.45) is 0 Å². The molecule has 0 saturated heterocycles. The van der Waals surface area contributed by atoms with Gasteiger partial charge in [0.25, 0.3) is 0 Å². The molecule has 0 unspecified atom stereocenters. The molecule has 7 heteroatoms. The maximum atomic E-state index is 10.8. The fourth-order valence-corrected chi connectivity index (χ4v) is 2.48. The Labute approximate surface area is 97.3 Å². The molecule has 0 atom stereocenters. The summed E-state index contributed by atoms with van der Waals surface area (Å²) >= 11 is 3.22. The van der Waals surface area contributed by atoms with Gasteiger partial charge in [0.05, 0.1) is 6.33 Å². The van der Waals surface area contributed by atoms with Crippen LogP contribution in [-0.4, -0.2) is 34.6 Å². The lowest BCUT2D eigenvalue weighted by Crippen LogP contribution is -2.27. The number of nitrogens with one attached hydrogen (secondary N) is 3. The van der Waals surface area contributed by atoms with Crippen molar-refractivity contribution < 1.29 is 4.79 Å². The monoisotopic (exact) mass is 246 g/mol. The Morgan fingerprint density at radius 2 is 2.47 bits per heavy atom. The molecule has 2 amide bonds. The molecule has 5 nitrogen and oxygen atoms in total. The standard InChI is InChI=1S/C8H14N4OS2/c1-9-8(13)12-15-3-2-14-5-7-4-10-6-11-7/h4,6H,2-3,5H2,1H3,(H,10,11)(H2,9,12,13). The third-order valence-corrected chi connectivity index (χ3v) is 3.54. The summed E-state index contributed by atoms with van der Waals surface area (Å²) in [6.45, 7) is 0. The van der Waals surface area contributed by atoms with Gasteiger partial charge in [-0.2, -0.15) is 11.8 Å². The molecule has 1 aromatic heterocycles. The van der Waals surface area contributed by atoms with Gasteiger partial charge in [-0.25, -0.2) is 9.78 Å². The Kier molecular flexibility index (Phi) is 6.10. The second-order valence-electron chi connectivity index (χ2n) is 2.66. The van der Waals surface area contributed by atoms with Gasteiger partial charge in [-0.1, -0.05) is 0 Å². The Bertz CT molecular complexity index is 278. The highest BCUT2D eigenvalue weighted by atomic mass is 32.2. The quantitative estimate of drug-likeness (QED) is 0.521. The largest absolute Gasteiger partial charge is 0.348 e. The average molecular weight is 246 g/mol. The molecule has 84 valence electrons. The molecule has 0 spiro atoms. The molecule has 0 aliphatic carbocycles. The third kappa shape index (κ3) is 5.58. The summed E-state index contributed by atoms with van der Waals surface area (Å²) in [5, 5.41) is 2.49. The van der Waals surface area contributed by atoms with E-state index in [0.29, 0.717) is 0 Å². The van der Waals surface area contributed by atoms with Gasteiger partial charge in [-0.3, -0.25) is 4.72 Å². The van der Waals surface area contributed by atoms with Crippen LogP contribution >= 0.6 is 23.7 Å². The van der Waals surface area contributed by atoms with Crippen LogP contribution in [0.1, 0.15) is 5.69 Å². The minimum absolute atomic E-state index is 0.154. The van der Waals surface area contributed by atoms with Crippen LogP contribution in [-0.2, 0) is 5.75 Å². The lowest BCUT2D eigenvalue weighted by Gasteiger charge is -2.02. The molecular formula is C8H14N4OS2. The second-order valence-corrected chi connectivity index (χ2v) is 4.67. The van der Waals surface area contributed by atoms with Gasteiger partial charge in [0, 0.05) is 36.2 Å². The molecular weight excluding hydrogens is 232 g/mol. The first-order valence-corrected chi connectivity index (χ1v) is 6.61. The van der Waals surface area contributed by atoms with Crippen molar-refractivity contribution >= 4 is 29.7 Å². The number of nitrogens with zero attached hydrogens (tertiary/aromatic N) is 1. The number of thioether (sulfide) groups is 1. The number of amides is 2. The maximum absolute atomic E-state index is 10.8. The molecule has 0 saturated carbocycles. The van der Waals surface area contributed by atoms with E-state index in [9.17, 15) is 4.79 Å². The summed E-state index contributed by atoms with van der Waals surface area (Å²) in [6.07, 6.45) is 3.50. The molecule has 0 bridgehead atoms. The van der Waals surface area contributed by atoms with E-state index in [2.05, 4.69) is 20.0 Å². The predicted molar refractivity (Wildman–Crippen MR) is 64.8 cm³/mol. The minimum atomic E-state index is -0.154. The molecule has 0 aliphatic rings. The highest BCUT2D eigenvalue weighted by molar-refractivity contribution is 8.01. The van der Waals surface area contributed by atoms with Gasteiger partial charge in [0.15, 0.2) is 0 Å². The Balaban J connectivity index is 1.91. The average Bonchev–Trinajstić information content (AvgIpc) is 2.75. The lowest BCUT2D eigenvalue weighted by atomic mass is 10.6. The third-order valence-electron chi connectivity index (χ3n) is 1.53. The van der Waals surface area contributed by atoms with Crippen molar-refractivity contribution in [3.8, 4) is 0 Å². The number of carbonyl (C=O) groups excluding carboxylic acids is 1. The number of urea groups is 1. The van der Waals surface area contributed by atoms with E-state index >= 15 is 0 Å². The molecule has 1 heterocycles. The smallest absolute Gasteiger partial charge is 0.324 e. The van der Waals surface area contributed by atoms with Crippen LogP contribution < -0.4 is 10.0 Å². The van der Waals surface area contributed by atoms with E-state index in [4.69, 9.17) is 0 Å². The topological polar surface area (TPSA) is 69.8 Å². The first kappa shape index (κ1) is 12.3. The highest BCUT2D eigenvalue weighted by Gasteiger charge is 1.97. The lowest BCUT2D eigenvalue weighted by molar-refractivity contribution is 0.248. The van der Waals surface area contributed by atoms with Crippen molar-refractivity contribution in [1.82, 2.24) is 20.0 Å². The van der Waals surface area contributed by atoms with Crippen LogP contribution in [0.4, 0.5) is 4.79 Å². The van der Waals surface area contributed by atoms with Crippen LogP contribution in [0.25, 0.3) is 0 Å². The summed E-state index contributed by atoms with van der Waals surface area (Å²) in [5.41, 5.74) is 1.13. The van der Waals surface area contributed by atoms with Gasteiger partial charge in [-0.05, 0) is 11.9 Å². The number of H-pyrrole nitrogens is 1. The van der Waals surface area contributed by atoms with Crippen molar-refractivity contribution in [2.75, 3.05) is 18.6 Å². The zero-order chi connectivity index (χ0) is 10.9. The molecule has 15 heavy (non-hydrogen) atoms. The van der Waals surface area contributed by atoms with E-state index in [1.807, 2.05) is 6.20 Å². The van der Waals surface area contributed by atoms with Crippen molar-refractivity contribution in [1.29, 1.82) is 0 Å². The normalized spacial score (nSPS) is 9.93. The zero-order valence-electron chi connectivity index (χ0n) is 8.45. The Morgan fingerprint density at radius 3 is 3.13 bits per heavy atom. The first-order valence-electron chi connectivity index (χ1n) is 4.47. The van der Waals surface area contributed by atoms with Crippen molar-refractivity contribution in [3.63, 3.8) is 0 Å². The number of rotatable bonds is 6. The van der Waals surface area contributed by atoms with Gasteiger partial charge < -0.3 is 10.3 Å². The van der Waals surface area contributed by atoms with Gasteiger partial charge in [0.2, 0.25) is 0 Å². The van der Waals surface area contributed by atoms with Crippen LogP contribution in [0.5, 0.6) is 0 Å². The summed E-state index contributed by atoms with van der Waals surface area (Å²) < 4.78 is 2.66. The number of aromatic amines is 1. The van der Waals surface area contributed by atoms with Gasteiger partial charge in [0.1, 0.15) is 0 Å². The van der Waals surface area contributed by atoms with Crippen molar-refractivity contribution in [2.45, 2.75) is 5.75 Å². The number of carbonyl (C=O) groups is 1. The highest BCUT2D eigenvalue weighted by Crippen LogP contribution is 2.10. The maximum Gasteiger partial charge on any atom is 0.324 e. The Morgan fingerprint density at radius 1 is 1.60 bits per heavy atom. The minimum Gasteiger partial charge on any atom is -0.348 e. The van der Waals surface area contributed by atoms with Crippen molar-refractivity contribution in [3.05, 3.63) is 18.2 Å². The van der Waals surface area contributed by atoms with Gasteiger partial charge >= 0.3 is 6.03 Å². The zero-order valence-corrected chi connectivity index (χ0v) is 10.1. The van der Waals surface area contributed by atoms with Crippen LogP contribution in [0.15, 0.2) is 12.5 Å². The summed E-state index contributed by atoms with van der Waals surface area (Å²) in [5.74, 6) is 2.82. The first-order chi connectivity index (χ1) is 7.33. The second kappa shape index (κ2) is 7.47. The summed E-state index contributed by atoms with van der Waals surface area (Å²) in [7, 11) is 1.60. The molecule has 0 radical (unpaired) electrons. The molecule has 1 aromatic rings. The number of imidazole rings is 1. The molecule has 0 aliphatic heterocycles. The van der Waals surface area contributed by atoms with E-state index in [0.717, 1.165) is 23.0 Å². The predicted octanol–water partition coefficient (Wildman–Crippen LogP) is 1.22. The fourth-order valence-electron chi connectivity index (χ4n) is 0.814. The number of hydrogen-bond donors (Lipinski definition) is 3. The van der Waals surface area contributed by atoms with E-state index in [1.165, 1.54) is 11.9 Å². The van der Waals surface area contributed by atoms with Gasteiger partial charge in [-0.15, -0.1) is 0 Å². The van der Waals surface area contributed by atoms with Crippen LogP contribution in [0, 0.1) is 0 Å². The van der Waals surface area contributed by atoms with E-state index < -0.39 is 0 Å².